The maximum Gasteiger partial charge on any atom is 0.235 e. The maximum absolute atomic E-state index is 12.3. The number of hydrogen-bond acceptors (Lipinski definition) is 3. The molecule has 1 aliphatic heterocycles. The van der Waals surface area contributed by atoms with Crippen molar-refractivity contribution in [3.8, 4) is 0 Å². The highest BCUT2D eigenvalue weighted by atomic mass is 16.2. The van der Waals surface area contributed by atoms with Crippen LogP contribution in [-0.2, 0) is 9.59 Å². The Hall–Kier alpha value is -1.68. The van der Waals surface area contributed by atoms with Crippen molar-refractivity contribution in [2.24, 2.45) is 5.41 Å². The molecule has 1 N–H and O–H groups in total. The fourth-order valence-corrected chi connectivity index (χ4v) is 2.72. The summed E-state index contributed by atoms with van der Waals surface area (Å²) in [6.45, 7) is 6.09. The van der Waals surface area contributed by atoms with E-state index in [0.29, 0.717) is 13.0 Å². The molecule has 0 radical (unpaired) electrons. The van der Waals surface area contributed by atoms with Crippen LogP contribution in [0.2, 0.25) is 0 Å². The summed E-state index contributed by atoms with van der Waals surface area (Å²) < 4.78 is 0. The van der Waals surface area contributed by atoms with E-state index in [9.17, 15) is 9.59 Å². The normalized spacial score (nSPS) is 19.5. The van der Waals surface area contributed by atoms with E-state index in [0.717, 1.165) is 11.1 Å². The smallest absolute Gasteiger partial charge is 0.235 e. The third-order valence-corrected chi connectivity index (χ3v) is 4.00. The molecular weight excluding hydrogens is 252 g/mol. The van der Waals surface area contributed by atoms with E-state index in [1.54, 1.807) is 0 Å². The molecule has 2 amide bonds. The lowest BCUT2D eigenvalue weighted by Gasteiger charge is -2.25. The zero-order chi connectivity index (χ0) is 14.9. The number of likely N-dealkylation sites (tertiary alicyclic amines) is 1. The number of rotatable bonds is 4. The van der Waals surface area contributed by atoms with Crippen molar-refractivity contribution in [2.75, 3.05) is 13.6 Å². The van der Waals surface area contributed by atoms with Gasteiger partial charge in [-0.1, -0.05) is 38.1 Å². The van der Waals surface area contributed by atoms with Crippen LogP contribution >= 0.6 is 0 Å². The maximum atomic E-state index is 12.3. The second-order valence-corrected chi connectivity index (χ2v) is 6.07. The first kappa shape index (κ1) is 14.7. The highest BCUT2D eigenvalue weighted by molar-refractivity contribution is 6.05. The summed E-state index contributed by atoms with van der Waals surface area (Å²) in [5, 5.41) is 3.21. The molecule has 1 saturated heterocycles. The molecular formula is C16H22N2O2. The molecule has 0 bridgehead atoms. The van der Waals surface area contributed by atoms with E-state index in [4.69, 9.17) is 0 Å². The number of carbonyl (C=O) groups is 2. The summed E-state index contributed by atoms with van der Waals surface area (Å²) in [5.41, 5.74) is 1.71. The van der Waals surface area contributed by atoms with Gasteiger partial charge in [-0.3, -0.25) is 14.5 Å². The quantitative estimate of drug-likeness (QED) is 0.855. The van der Waals surface area contributed by atoms with Gasteiger partial charge in [0, 0.05) is 13.0 Å². The topological polar surface area (TPSA) is 49.4 Å². The van der Waals surface area contributed by atoms with Crippen LogP contribution in [0.1, 0.15) is 37.4 Å². The van der Waals surface area contributed by atoms with Crippen LogP contribution in [0.5, 0.6) is 0 Å². The Morgan fingerprint density at radius 1 is 1.30 bits per heavy atom. The molecule has 1 fully saturated rings. The second kappa shape index (κ2) is 5.37. The lowest BCUT2D eigenvalue weighted by molar-refractivity contribution is -0.141. The molecule has 0 aromatic heterocycles. The van der Waals surface area contributed by atoms with Crippen molar-refractivity contribution in [3.05, 3.63) is 35.4 Å². The summed E-state index contributed by atoms with van der Waals surface area (Å²) in [7, 11) is 1.85. The third-order valence-electron chi connectivity index (χ3n) is 4.00. The summed E-state index contributed by atoms with van der Waals surface area (Å²) in [5.74, 6) is -0.148. The molecule has 0 saturated carbocycles. The SMILES string of the molecule is CNC(CN1C(=O)CC(C)(C)C1=O)c1ccccc1C. The van der Waals surface area contributed by atoms with Crippen molar-refractivity contribution >= 4 is 11.8 Å². The molecule has 1 heterocycles. The van der Waals surface area contributed by atoms with Crippen molar-refractivity contribution in [1.29, 1.82) is 0 Å². The Morgan fingerprint density at radius 2 is 1.95 bits per heavy atom. The van der Waals surface area contributed by atoms with E-state index < -0.39 is 5.41 Å². The van der Waals surface area contributed by atoms with Crippen molar-refractivity contribution in [1.82, 2.24) is 10.2 Å². The molecule has 1 aliphatic rings. The zero-order valence-corrected chi connectivity index (χ0v) is 12.6. The Balaban J connectivity index is 2.22. The Labute approximate surface area is 120 Å². The van der Waals surface area contributed by atoms with Gasteiger partial charge in [0.15, 0.2) is 0 Å². The molecule has 1 aromatic carbocycles. The summed E-state index contributed by atoms with van der Waals surface area (Å²) in [6, 6.07) is 8.01. The van der Waals surface area contributed by atoms with Crippen LogP contribution in [0.25, 0.3) is 0 Å². The van der Waals surface area contributed by atoms with Crippen LogP contribution in [0.3, 0.4) is 0 Å². The summed E-state index contributed by atoms with van der Waals surface area (Å²) >= 11 is 0. The van der Waals surface area contributed by atoms with E-state index in [1.807, 2.05) is 52.1 Å². The number of amides is 2. The highest BCUT2D eigenvalue weighted by Crippen LogP contribution is 2.33. The zero-order valence-electron chi connectivity index (χ0n) is 12.6. The van der Waals surface area contributed by atoms with Crippen LogP contribution in [0.15, 0.2) is 24.3 Å². The van der Waals surface area contributed by atoms with Gasteiger partial charge in [-0.2, -0.15) is 0 Å². The second-order valence-electron chi connectivity index (χ2n) is 6.07. The summed E-state index contributed by atoms with van der Waals surface area (Å²) in [4.78, 5) is 25.7. The Kier molecular flexibility index (Phi) is 3.95. The van der Waals surface area contributed by atoms with Gasteiger partial charge in [-0.25, -0.2) is 0 Å². The van der Waals surface area contributed by atoms with Gasteiger partial charge in [0.05, 0.1) is 11.5 Å². The van der Waals surface area contributed by atoms with Gasteiger partial charge >= 0.3 is 0 Å². The lowest BCUT2D eigenvalue weighted by Crippen LogP contribution is -2.39. The minimum atomic E-state index is -0.568. The predicted octanol–water partition coefficient (Wildman–Crippen LogP) is 2.04. The molecule has 1 unspecified atom stereocenters. The molecule has 0 spiro atoms. The number of nitrogens with zero attached hydrogens (tertiary/aromatic N) is 1. The minimum absolute atomic E-state index is 0.0296. The average Bonchev–Trinajstić information content (AvgIpc) is 2.58. The molecule has 108 valence electrons. The predicted molar refractivity (Wildman–Crippen MR) is 78.1 cm³/mol. The first-order chi connectivity index (χ1) is 9.36. The van der Waals surface area contributed by atoms with Crippen molar-refractivity contribution in [3.63, 3.8) is 0 Å². The van der Waals surface area contributed by atoms with Crippen LogP contribution in [0, 0.1) is 12.3 Å². The largest absolute Gasteiger partial charge is 0.312 e. The molecule has 2 rings (SSSR count). The number of imide groups is 1. The number of carbonyl (C=O) groups excluding carboxylic acids is 2. The van der Waals surface area contributed by atoms with Gasteiger partial charge in [0.1, 0.15) is 0 Å². The third kappa shape index (κ3) is 2.61. The van der Waals surface area contributed by atoms with E-state index in [-0.39, 0.29) is 17.9 Å². The van der Waals surface area contributed by atoms with Crippen LogP contribution in [0.4, 0.5) is 0 Å². The van der Waals surface area contributed by atoms with Crippen LogP contribution in [-0.4, -0.2) is 30.3 Å². The Bertz CT molecular complexity index is 537. The first-order valence-electron chi connectivity index (χ1n) is 6.94. The monoisotopic (exact) mass is 274 g/mol. The van der Waals surface area contributed by atoms with E-state index in [1.165, 1.54) is 4.90 Å². The fraction of sp³-hybridized carbons (Fsp3) is 0.500. The van der Waals surface area contributed by atoms with Crippen molar-refractivity contribution < 1.29 is 9.59 Å². The molecule has 20 heavy (non-hydrogen) atoms. The van der Waals surface area contributed by atoms with E-state index >= 15 is 0 Å². The minimum Gasteiger partial charge on any atom is -0.312 e. The molecule has 4 heteroatoms. The van der Waals surface area contributed by atoms with Gasteiger partial charge in [0.25, 0.3) is 0 Å². The van der Waals surface area contributed by atoms with Gasteiger partial charge in [0.2, 0.25) is 11.8 Å². The van der Waals surface area contributed by atoms with Gasteiger partial charge in [-0.15, -0.1) is 0 Å². The average molecular weight is 274 g/mol. The fourth-order valence-electron chi connectivity index (χ4n) is 2.72. The van der Waals surface area contributed by atoms with Gasteiger partial charge in [-0.05, 0) is 25.1 Å². The van der Waals surface area contributed by atoms with Crippen molar-refractivity contribution in [2.45, 2.75) is 33.2 Å². The summed E-state index contributed by atoms with van der Waals surface area (Å²) in [6.07, 6.45) is 0.302. The van der Waals surface area contributed by atoms with Crippen LogP contribution < -0.4 is 5.32 Å². The molecule has 4 nitrogen and oxygen atoms in total. The molecule has 1 aromatic rings. The number of aryl methyl sites for hydroxylation is 1. The number of benzene rings is 1. The lowest BCUT2D eigenvalue weighted by atomic mass is 9.92. The number of likely N-dealkylation sites (N-methyl/N-ethyl adjacent to an activating group) is 1. The first-order valence-corrected chi connectivity index (χ1v) is 6.94. The molecule has 1 atom stereocenters. The Morgan fingerprint density at radius 3 is 2.45 bits per heavy atom. The van der Waals surface area contributed by atoms with E-state index in [2.05, 4.69) is 5.32 Å². The molecule has 0 aliphatic carbocycles. The highest BCUT2D eigenvalue weighted by Gasteiger charge is 2.45. The number of hydrogen-bond donors (Lipinski definition) is 1. The standard InChI is InChI=1S/C16H22N2O2/c1-11-7-5-6-8-12(11)13(17-4)10-18-14(19)9-16(2,3)15(18)20/h5-8,13,17H,9-10H2,1-4H3. The number of nitrogens with one attached hydrogen (secondary N) is 1. The van der Waals surface area contributed by atoms with Gasteiger partial charge < -0.3 is 5.32 Å².